The van der Waals surface area contributed by atoms with Gasteiger partial charge in [0, 0.05) is 21.7 Å². The highest BCUT2D eigenvalue weighted by Crippen LogP contribution is 2.45. The number of carbonyl (C=O) groups excluding carboxylic acids is 1. The molecule has 1 aliphatic rings. The quantitative estimate of drug-likeness (QED) is 0.147. The second-order valence-electron chi connectivity index (χ2n) is 9.40. The first kappa shape index (κ1) is 29.6. The number of halogens is 2. The maximum absolute atomic E-state index is 12.4. The van der Waals surface area contributed by atoms with Crippen LogP contribution in [-0.4, -0.2) is 19.2 Å². The van der Waals surface area contributed by atoms with Crippen molar-refractivity contribution in [1.82, 2.24) is 0 Å². The Balaban J connectivity index is 1.37. The van der Waals surface area contributed by atoms with E-state index in [2.05, 4.69) is 6.07 Å². The van der Waals surface area contributed by atoms with Crippen LogP contribution >= 0.6 is 23.2 Å². The highest BCUT2D eigenvalue weighted by Gasteiger charge is 2.32. The second kappa shape index (κ2) is 13.4. The van der Waals surface area contributed by atoms with Crippen LogP contribution in [-0.2, 0) is 11.4 Å². The molecule has 8 nitrogen and oxygen atoms in total. The van der Waals surface area contributed by atoms with Crippen LogP contribution in [0.25, 0.3) is 0 Å². The van der Waals surface area contributed by atoms with E-state index in [0.717, 1.165) is 11.1 Å². The Hall–Kier alpha value is -4.84. The third kappa shape index (κ3) is 7.15. The fraction of sp³-hybridized carbons (Fsp3) is 0.152. The Kier molecular flexibility index (Phi) is 9.26. The van der Waals surface area contributed by atoms with Gasteiger partial charge in [-0.2, -0.15) is 5.26 Å². The highest BCUT2D eigenvalue weighted by atomic mass is 35.5. The summed E-state index contributed by atoms with van der Waals surface area (Å²) in [5.74, 6) is 0.853. The molecule has 0 bridgehead atoms. The number of nitriles is 1. The first-order valence-corrected chi connectivity index (χ1v) is 14.0. The van der Waals surface area contributed by atoms with Crippen LogP contribution in [0.2, 0.25) is 10.0 Å². The number of carbonyl (C=O) groups is 1. The Morgan fingerprint density at radius 1 is 0.907 bits per heavy atom. The Morgan fingerprint density at radius 2 is 1.72 bits per heavy atom. The molecule has 1 aliphatic heterocycles. The van der Waals surface area contributed by atoms with E-state index in [4.69, 9.17) is 52.6 Å². The zero-order valence-electron chi connectivity index (χ0n) is 23.0. The molecule has 0 aliphatic carbocycles. The number of esters is 1. The molecule has 0 amide bonds. The summed E-state index contributed by atoms with van der Waals surface area (Å²) in [7, 11) is 0. The first-order valence-electron chi connectivity index (χ1n) is 13.3. The molecule has 1 atom stereocenters. The van der Waals surface area contributed by atoms with Gasteiger partial charge in [-0.25, -0.2) is 4.79 Å². The van der Waals surface area contributed by atoms with Gasteiger partial charge in [0.1, 0.15) is 35.5 Å². The molecule has 0 aromatic heterocycles. The van der Waals surface area contributed by atoms with Crippen molar-refractivity contribution in [3.8, 4) is 34.8 Å². The van der Waals surface area contributed by atoms with E-state index in [0.29, 0.717) is 51.8 Å². The van der Waals surface area contributed by atoms with Crippen LogP contribution in [0.4, 0.5) is 0 Å². The lowest BCUT2D eigenvalue weighted by molar-refractivity contribution is -0.136. The number of hydrogen-bond acceptors (Lipinski definition) is 8. The summed E-state index contributed by atoms with van der Waals surface area (Å²) in [5.41, 5.74) is 8.78. The van der Waals surface area contributed by atoms with Crippen LogP contribution in [0.5, 0.6) is 28.7 Å². The van der Waals surface area contributed by atoms with Crippen molar-refractivity contribution in [2.45, 2.75) is 19.4 Å². The number of benzene rings is 4. The predicted octanol–water partition coefficient (Wildman–Crippen LogP) is 7.17. The molecule has 0 fully saturated rings. The molecule has 0 spiro atoms. The summed E-state index contributed by atoms with van der Waals surface area (Å²) in [5, 5.41) is 11.1. The molecule has 0 saturated carbocycles. The highest BCUT2D eigenvalue weighted by molar-refractivity contribution is 6.30. The fourth-order valence-corrected chi connectivity index (χ4v) is 4.84. The smallest absolute Gasteiger partial charge is 0.349 e. The molecule has 1 heterocycles. The first-order chi connectivity index (χ1) is 20.8. The minimum atomic E-state index is -0.621. The molecule has 4 aromatic rings. The van der Waals surface area contributed by atoms with Crippen molar-refractivity contribution in [3.05, 3.63) is 123 Å². The second-order valence-corrected chi connectivity index (χ2v) is 10.3. The van der Waals surface area contributed by atoms with Crippen molar-refractivity contribution in [1.29, 1.82) is 5.26 Å². The van der Waals surface area contributed by atoms with Gasteiger partial charge < -0.3 is 29.4 Å². The molecular formula is C33H26Cl2N2O6. The van der Waals surface area contributed by atoms with Gasteiger partial charge in [-0.3, -0.25) is 0 Å². The summed E-state index contributed by atoms with van der Waals surface area (Å²) >= 11 is 11.9. The van der Waals surface area contributed by atoms with Crippen LogP contribution in [0.3, 0.4) is 0 Å². The Bertz CT molecular complexity index is 1720. The van der Waals surface area contributed by atoms with E-state index in [1.54, 1.807) is 60.7 Å². The van der Waals surface area contributed by atoms with Gasteiger partial charge in [0.05, 0.1) is 12.5 Å². The maximum Gasteiger partial charge on any atom is 0.349 e. The van der Waals surface area contributed by atoms with Crippen LogP contribution in [0, 0.1) is 11.3 Å². The SMILES string of the molecule is CCOc1cc(C2C(C#N)=C(N)Oc3cc(OC(=O)COc4cccc(Cl)c4)ccc32)ccc1OCc1ccc(Cl)cc1. The average Bonchev–Trinajstić information content (AvgIpc) is 2.99. The number of fused-ring (bicyclic) bond motifs is 1. The predicted molar refractivity (Wildman–Crippen MR) is 162 cm³/mol. The van der Waals surface area contributed by atoms with Gasteiger partial charge >= 0.3 is 5.97 Å². The van der Waals surface area contributed by atoms with E-state index in [1.807, 2.05) is 31.2 Å². The van der Waals surface area contributed by atoms with Crippen molar-refractivity contribution >= 4 is 29.2 Å². The largest absolute Gasteiger partial charge is 0.490 e. The number of ether oxygens (including phenoxy) is 5. The van der Waals surface area contributed by atoms with Gasteiger partial charge in [-0.15, -0.1) is 0 Å². The Morgan fingerprint density at radius 3 is 2.47 bits per heavy atom. The van der Waals surface area contributed by atoms with E-state index in [1.165, 1.54) is 0 Å². The lowest BCUT2D eigenvalue weighted by Gasteiger charge is -2.27. The summed E-state index contributed by atoms with van der Waals surface area (Å²) in [6.07, 6.45) is 0. The lowest BCUT2D eigenvalue weighted by Crippen LogP contribution is -2.22. The van der Waals surface area contributed by atoms with Crippen LogP contribution in [0.1, 0.15) is 29.5 Å². The standard InChI is InChI=1S/C33H26Cl2N2O6/c1-2-39-30-14-21(8-13-28(30)41-18-20-6-9-22(34)10-7-20)32-26-12-11-25(16-29(26)43-33(37)27(32)17-36)42-31(38)19-40-24-5-3-4-23(35)15-24/h3-16,32H,2,18-19,37H2,1H3. The summed E-state index contributed by atoms with van der Waals surface area (Å²) < 4.78 is 28.6. The van der Waals surface area contributed by atoms with E-state index < -0.39 is 11.9 Å². The summed E-state index contributed by atoms with van der Waals surface area (Å²) in [6, 6.07) is 26.6. The van der Waals surface area contributed by atoms with Gasteiger partial charge in [-0.1, -0.05) is 53.5 Å². The monoisotopic (exact) mass is 616 g/mol. The van der Waals surface area contributed by atoms with E-state index in [-0.39, 0.29) is 23.8 Å². The van der Waals surface area contributed by atoms with E-state index in [9.17, 15) is 10.1 Å². The number of nitrogens with zero attached hydrogens (tertiary/aromatic N) is 1. The zero-order valence-corrected chi connectivity index (χ0v) is 24.5. The van der Waals surface area contributed by atoms with Crippen molar-refractivity contribution in [2.24, 2.45) is 5.73 Å². The zero-order chi connectivity index (χ0) is 30.3. The minimum Gasteiger partial charge on any atom is -0.490 e. The van der Waals surface area contributed by atoms with Crippen LogP contribution < -0.4 is 29.4 Å². The Labute approximate surface area is 258 Å². The molecule has 10 heteroatoms. The molecule has 0 saturated heterocycles. The van der Waals surface area contributed by atoms with Gasteiger partial charge in [0.2, 0.25) is 5.88 Å². The number of rotatable bonds is 10. The van der Waals surface area contributed by atoms with Crippen molar-refractivity contribution in [2.75, 3.05) is 13.2 Å². The normalized spacial score (nSPS) is 13.8. The fourth-order valence-electron chi connectivity index (χ4n) is 4.54. The molecular weight excluding hydrogens is 591 g/mol. The average molecular weight is 617 g/mol. The molecule has 218 valence electrons. The number of hydrogen-bond donors (Lipinski definition) is 1. The van der Waals surface area contributed by atoms with Gasteiger partial charge in [-0.05, 0) is 66.6 Å². The topological polar surface area (TPSA) is 113 Å². The maximum atomic E-state index is 12.4. The molecule has 2 N–H and O–H groups in total. The van der Waals surface area contributed by atoms with Gasteiger partial charge in [0.15, 0.2) is 18.1 Å². The minimum absolute atomic E-state index is 0.0474. The molecule has 43 heavy (non-hydrogen) atoms. The van der Waals surface area contributed by atoms with E-state index >= 15 is 0 Å². The molecule has 0 radical (unpaired) electrons. The molecule has 1 unspecified atom stereocenters. The summed E-state index contributed by atoms with van der Waals surface area (Å²) in [4.78, 5) is 12.4. The number of nitrogens with two attached hydrogens (primary N) is 1. The summed E-state index contributed by atoms with van der Waals surface area (Å²) in [6.45, 7) is 2.28. The molecule has 5 rings (SSSR count). The number of allylic oxidation sites excluding steroid dienone is 1. The van der Waals surface area contributed by atoms with Gasteiger partial charge in [0.25, 0.3) is 0 Å². The van der Waals surface area contributed by atoms with Crippen molar-refractivity contribution in [3.63, 3.8) is 0 Å². The molecule has 4 aromatic carbocycles. The van der Waals surface area contributed by atoms with Crippen LogP contribution in [0.15, 0.2) is 96.4 Å². The third-order valence-corrected chi connectivity index (χ3v) is 6.97. The van der Waals surface area contributed by atoms with Crippen molar-refractivity contribution < 1.29 is 28.5 Å². The lowest BCUT2D eigenvalue weighted by atomic mass is 9.83. The third-order valence-electron chi connectivity index (χ3n) is 6.48.